The van der Waals surface area contributed by atoms with Crippen LogP contribution in [0.3, 0.4) is 0 Å². The fraction of sp³-hybridized carbons (Fsp3) is 0.400. The SMILES string of the molecule is CCCCc1ccc(S(=O)(=O)N[C@@H](CN(C)C)c2ccc(Cl)c(Cl)c2)cc1. The number of likely N-dealkylation sites (N-methyl/N-ethyl adjacent to an activating group) is 1. The molecule has 0 radical (unpaired) electrons. The monoisotopic (exact) mass is 428 g/mol. The van der Waals surface area contributed by atoms with Crippen molar-refractivity contribution in [2.75, 3.05) is 20.6 Å². The third-order valence-electron chi connectivity index (χ3n) is 4.24. The lowest BCUT2D eigenvalue weighted by Crippen LogP contribution is -2.35. The molecule has 2 aromatic rings. The molecular weight excluding hydrogens is 403 g/mol. The van der Waals surface area contributed by atoms with E-state index < -0.39 is 16.1 Å². The van der Waals surface area contributed by atoms with Crippen molar-refractivity contribution in [3.8, 4) is 0 Å². The molecule has 1 N–H and O–H groups in total. The first-order valence-corrected chi connectivity index (χ1v) is 11.2. The summed E-state index contributed by atoms with van der Waals surface area (Å²) in [5.41, 5.74) is 1.91. The minimum atomic E-state index is -3.67. The Kier molecular flexibility index (Phi) is 8.13. The standard InChI is InChI=1S/C20H26Cl2N2O2S/c1-4-5-6-15-7-10-17(11-8-15)27(25,26)23-20(14-24(2)3)16-9-12-18(21)19(22)13-16/h7-13,20,23H,4-6,14H2,1-3H3/t20-/m0/s1. The van der Waals surface area contributed by atoms with Crippen molar-refractivity contribution < 1.29 is 8.42 Å². The molecule has 0 fully saturated rings. The molecule has 4 nitrogen and oxygen atoms in total. The smallest absolute Gasteiger partial charge is 0.241 e. The zero-order valence-corrected chi connectivity index (χ0v) is 18.2. The summed E-state index contributed by atoms with van der Waals surface area (Å²) in [6.45, 7) is 2.63. The van der Waals surface area contributed by atoms with Crippen molar-refractivity contribution in [2.45, 2.75) is 37.1 Å². The van der Waals surface area contributed by atoms with Crippen molar-refractivity contribution in [3.63, 3.8) is 0 Å². The van der Waals surface area contributed by atoms with Gasteiger partial charge in [-0.2, -0.15) is 0 Å². The second-order valence-corrected chi connectivity index (χ2v) is 9.39. The zero-order valence-electron chi connectivity index (χ0n) is 15.9. The van der Waals surface area contributed by atoms with E-state index in [0.717, 1.165) is 30.4 Å². The maximum Gasteiger partial charge on any atom is 0.241 e. The summed E-state index contributed by atoms with van der Waals surface area (Å²) < 4.78 is 28.6. The molecule has 0 saturated carbocycles. The Morgan fingerprint density at radius 3 is 2.26 bits per heavy atom. The summed E-state index contributed by atoms with van der Waals surface area (Å²) in [4.78, 5) is 2.18. The van der Waals surface area contributed by atoms with Crippen LogP contribution in [-0.4, -0.2) is 34.0 Å². The average molecular weight is 429 g/mol. The van der Waals surface area contributed by atoms with Crippen molar-refractivity contribution in [1.29, 1.82) is 0 Å². The highest BCUT2D eigenvalue weighted by atomic mass is 35.5. The quantitative estimate of drug-likeness (QED) is 0.616. The number of aryl methyl sites for hydroxylation is 1. The van der Waals surface area contributed by atoms with Crippen LogP contribution in [0, 0.1) is 0 Å². The molecule has 2 rings (SSSR count). The Morgan fingerprint density at radius 2 is 1.70 bits per heavy atom. The third kappa shape index (κ3) is 6.47. The molecule has 0 spiro atoms. The molecular formula is C20H26Cl2N2O2S. The number of hydrogen-bond acceptors (Lipinski definition) is 3. The number of halogens is 2. The highest BCUT2D eigenvalue weighted by Gasteiger charge is 2.22. The van der Waals surface area contributed by atoms with Crippen LogP contribution in [0.2, 0.25) is 10.0 Å². The number of hydrogen-bond donors (Lipinski definition) is 1. The Morgan fingerprint density at radius 1 is 1.04 bits per heavy atom. The predicted molar refractivity (Wildman–Crippen MR) is 113 cm³/mol. The van der Waals surface area contributed by atoms with Crippen LogP contribution in [0.15, 0.2) is 47.4 Å². The molecule has 0 amide bonds. The van der Waals surface area contributed by atoms with E-state index in [9.17, 15) is 8.42 Å². The Balaban J connectivity index is 2.25. The van der Waals surface area contributed by atoms with Crippen LogP contribution in [0.1, 0.15) is 36.9 Å². The first-order chi connectivity index (χ1) is 12.7. The lowest BCUT2D eigenvalue weighted by atomic mass is 10.1. The lowest BCUT2D eigenvalue weighted by Gasteiger charge is -2.23. The van der Waals surface area contributed by atoms with E-state index in [2.05, 4.69) is 11.6 Å². The molecule has 0 unspecified atom stereocenters. The zero-order chi connectivity index (χ0) is 20.0. The van der Waals surface area contributed by atoms with Gasteiger partial charge in [0.1, 0.15) is 0 Å². The third-order valence-corrected chi connectivity index (χ3v) is 6.47. The highest BCUT2D eigenvalue weighted by Crippen LogP contribution is 2.27. The number of sulfonamides is 1. The summed E-state index contributed by atoms with van der Waals surface area (Å²) in [6.07, 6.45) is 3.15. The molecule has 2 aromatic carbocycles. The van der Waals surface area contributed by atoms with Crippen molar-refractivity contribution in [1.82, 2.24) is 9.62 Å². The van der Waals surface area contributed by atoms with Crippen LogP contribution >= 0.6 is 23.2 Å². The first kappa shape index (κ1) is 22.2. The van der Waals surface area contributed by atoms with E-state index >= 15 is 0 Å². The van der Waals surface area contributed by atoms with E-state index in [1.54, 1.807) is 30.3 Å². The van der Waals surface area contributed by atoms with Crippen LogP contribution in [0.5, 0.6) is 0 Å². The lowest BCUT2D eigenvalue weighted by molar-refractivity contribution is 0.363. The molecule has 7 heteroatoms. The fourth-order valence-electron chi connectivity index (χ4n) is 2.78. The molecule has 148 valence electrons. The molecule has 0 saturated heterocycles. The van der Waals surface area contributed by atoms with Gasteiger partial charge in [0.05, 0.1) is 21.0 Å². The van der Waals surface area contributed by atoms with Gasteiger partial charge in [-0.15, -0.1) is 0 Å². The minimum Gasteiger partial charge on any atom is -0.307 e. The predicted octanol–water partition coefficient (Wildman–Crippen LogP) is 4.92. The fourth-order valence-corrected chi connectivity index (χ4v) is 4.30. The topological polar surface area (TPSA) is 49.4 Å². The molecule has 0 bridgehead atoms. The normalized spacial score (nSPS) is 13.1. The van der Waals surface area contributed by atoms with Gasteiger partial charge in [-0.3, -0.25) is 0 Å². The van der Waals surface area contributed by atoms with Gasteiger partial charge in [-0.05, 0) is 62.3 Å². The van der Waals surface area contributed by atoms with Gasteiger partial charge < -0.3 is 4.90 Å². The number of nitrogens with zero attached hydrogens (tertiary/aromatic N) is 1. The highest BCUT2D eigenvalue weighted by molar-refractivity contribution is 7.89. The van der Waals surface area contributed by atoms with Gasteiger partial charge in [-0.1, -0.05) is 54.7 Å². The van der Waals surface area contributed by atoms with E-state index in [1.807, 2.05) is 31.1 Å². The van der Waals surface area contributed by atoms with Crippen molar-refractivity contribution in [2.24, 2.45) is 0 Å². The maximum absolute atomic E-state index is 12.9. The molecule has 0 aliphatic carbocycles. The molecule has 27 heavy (non-hydrogen) atoms. The van der Waals surface area contributed by atoms with Crippen molar-refractivity contribution in [3.05, 3.63) is 63.6 Å². The Bertz CT molecular complexity index is 853. The number of nitrogens with one attached hydrogen (secondary N) is 1. The van der Waals surface area contributed by atoms with Gasteiger partial charge in [0.2, 0.25) is 10.0 Å². The summed E-state index contributed by atoms with van der Waals surface area (Å²) in [7, 11) is 0.114. The van der Waals surface area contributed by atoms with E-state index in [1.165, 1.54) is 0 Å². The van der Waals surface area contributed by atoms with Crippen LogP contribution < -0.4 is 4.72 Å². The van der Waals surface area contributed by atoms with Crippen LogP contribution in [-0.2, 0) is 16.4 Å². The van der Waals surface area contributed by atoms with Gasteiger partial charge in [0.15, 0.2) is 0 Å². The average Bonchev–Trinajstić information content (AvgIpc) is 2.61. The Hall–Kier alpha value is -1.11. The number of unbranched alkanes of at least 4 members (excludes halogenated alkanes) is 1. The largest absolute Gasteiger partial charge is 0.307 e. The second-order valence-electron chi connectivity index (χ2n) is 6.86. The van der Waals surface area contributed by atoms with Crippen LogP contribution in [0.25, 0.3) is 0 Å². The molecule has 0 aliphatic rings. The summed E-state index contributed by atoms with van der Waals surface area (Å²) >= 11 is 12.1. The summed E-state index contributed by atoms with van der Waals surface area (Å²) in [5.74, 6) is 0. The minimum absolute atomic E-state index is 0.256. The van der Waals surface area contributed by atoms with Gasteiger partial charge in [-0.25, -0.2) is 13.1 Å². The first-order valence-electron chi connectivity index (χ1n) is 8.94. The number of benzene rings is 2. The van der Waals surface area contributed by atoms with Crippen LogP contribution in [0.4, 0.5) is 0 Å². The van der Waals surface area contributed by atoms with Gasteiger partial charge >= 0.3 is 0 Å². The Labute approximate surface area is 172 Å². The second kappa shape index (κ2) is 9.89. The molecule has 0 heterocycles. The van der Waals surface area contributed by atoms with E-state index in [-0.39, 0.29) is 4.90 Å². The van der Waals surface area contributed by atoms with Gasteiger partial charge in [0, 0.05) is 6.54 Å². The van der Waals surface area contributed by atoms with Gasteiger partial charge in [0.25, 0.3) is 0 Å². The molecule has 1 atom stereocenters. The van der Waals surface area contributed by atoms with E-state index in [0.29, 0.717) is 16.6 Å². The summed E-state index contributed by atoms with van der Waals surface area (Å²) in [6, 6.07) is 11.8. The summed E-state index contributed by atoms with van der Waals surface area (Å²) in [5, 5.41) is 0.840. The molecule has 0 aromatic heterocycles. The molecule has 0 aliphatic heterocycles. The van der Waals surface area contributed by atoms with E-state index in [4.69, 9.17) is 23.2 Å². The van der Waals surface area contributed by atoms with Crippen molar-refractivity contribution >= 4 is 33.2 Å². The number of rotatable bonds is 9. The maximum atomic E-state index is 12.9.